The summed E-state index contributed by atoms with van der Waals surface area (Å²) in [4.78, 5) is 36.9. The molecular weight excluding hydrogens is 636 g/mol. The normalized spacial score (nSPS) is 14.9. The Morgan fingerprint density at radius 2 is 1.76 bits per heavy atom. The number of nitro benzene ring substituents is 1. The molecule has 1 saturated heterocycles. The molecule has 0 aliphatic carbocycles. The SMILES string of the molecule is O=C1S/C(=C\c2ccc(Oc3ccc(C(F)(F)F)cc3[N+](=O)[O-])c(Br)c2)C(=O)N1Cc1ccc(Cl)cc1Cl. The third kappa shape index (κ3) is 6.15. The Bertz CT molecular complexity index is 1520. The Balaban J connectivity index is 1.54. The maximum atomic E-state index is 12.9. The van der Waals surface area contributed by atoms with Crippen molar-refractivity contribution in [2.75, 3.05) is 0 Å². The van der Waals surface area contributed by atoms with E-state index in [1.54, 1.807) is 12.1 Å². The summed E-state index contributed by atoms with van der Waals surface area (Å²) < 4.78 is 44.6. The van der Waals surface area contributed by atoms with Crippen LogP contribution < -0.4 is 4.74 Å². The highest BCUT2D eigenvalue weighted by atomic mass is 79.9. The summed E-state index contributed by atoms with van der Waals surface area (Å²) in [5.74, 6) is -0.836. The molecule has 0 N–H and O–H groups in total. The predicted octanol–water partition coefficient (Wildman–Crippen LogP) is 8.71. The second-order valence-corrected chi connectivity index (χ2v) is 10.4. The lowest BCUT2D eigenvalue weighted by atomic mass is 10.1. The van der Waals surface area contributed by atoms with E-state index < -0.39 is 39.2 Å². The van der Waals surface area contributed by atoms with Gasteiger partial charge >= 0.3 is 11.9 Å². The number of halogens is 6. The lowest BCUT2D eigenvalue weighted by Crippen LogP contribution is -2.27. The number of benzene rings is 3. The van der Waals surface area contributed by atoms with Crippen LogP contribution in [0.15, 0.2) is 64.0 Å². The molecule has 1 aliphatic heterocycles. The maximum Gasteiger partial charge on any atom is 0.416 e. The molecule has 0 atom stereocenters. The molecule has 0 radical (unpaired) electrons. The van der Waals surface area contributed by atoms with Crippen LogP contribution in [0.1, 0.15) is 16.7 Å². The number of hydrogen-bond acceptors (Lipinski definition) is 6. The average Bonchev–Trinajstić information content (AvgIpc) is 3.09. The van der Waals surface area contributed by atoms with Gasteiger partial charge in [0.1, 0.15) is 5.75 Å². The third-order valence-electron chi connectivity index (χ3n) is 5.17. The summed E-state index contributed by atoms with van der Waals surface area (Å²) in [5.41, 5.74) is -1.01. The van der Waals surface area contributed by atoms with E-state index >= 15 is 0 Å². The number of alkyl halides is 3. The highest BCUT2D eigenvalue weighted by Crippen LogP contribution is 2.40. The molecular formula is C24H12BrCl2F3N2O5S. The first-order valence-electron chi connectivity index (χ1n) is 10.4. The molecule has 0 saturated carbocycles. The Morgan fingerprint density at radius 3 is 2.39 bits per heavy atom. The number of ether oxygens (including phenoxy) is 1. The number of rotatable bonds is 6. The van der Waals surface area contributed by atoms with Crippen LogP contribution in [0.25, 0.3) is 6.08 Å². The van der Waals surface area contributed by atoms with Crippen LogP contribution in [0.4, 0.5) is 23.7 Å². The van der Waals surface area contributed by atoms with Gasteiger partial charge in [-0.05, 0) is 81.3 Å². The first kappa shape index (κ1) is 28.0. The van der Waals surface area contributed by atoms with Gasteiger partial charge in [-0.1, -0.05) is 35.3 Å². The van der Waals surface area contributed by atoms with Crippen LogP contribution in [-0.2, 0) is 17.5 Å². The van der Waals surface area contributed by atoms with Crippen LogP contribution in [0, 0.1) is 10.1 Å². The zero-order valence-electron chi connectivity index (χ0n) is 18.6. The van der Waals surface area contributed by atoms with Gasteiger partial charge < -0.3 is 4.74 Å². The topological polar surface area (TPSA) is 89.7 Å². The molecule has 1 aliphatic rings. The largest absolute Gasteiger partial charge is 0.449 e. The number of carbonyl (C=O) groups is 2. The quantitative estimate of drug-likeness (QED) is 0.151. The number of thioether (sulfide) groups is 1. The van der Waals surface area contributed by atoms with Gasteiger partial charge in [-0.3, -0.25) is 24.6 Å². The summed E-state index contributed by atoms with van der Waals surface area (Å²) in [6.07, 6.45) is -3.28. The lowest BCUT2D eigenvalue weighted by molar-refractivity contribution is -0.385. The molecule has 0 aromatic heterocycles. The zero-order chi connectivity index (χ0) is 27.8. The van der Waals surface area contributed by atoms with Gasteiger partial charge in [-0.25, -0.2) is 0 Å². The fourth-order valence-corrected chi connectivity index (χ4v) is 5.12. The number of nitrogens with zero attached hydrogens (tertiary/aromatic N) is 2. The smallest absolute Gasteiger partial charge is 0.416 e. The fourth-order valence-electron chi connectivity index (χ4n) is 3.34. The molecule has 38 heavy (non-hydrogen) atoms. The Morgan fingerprint density at radius 1 is 1.05 bits per heavy atom. The number of amides is 2. The van der Waals surface area contributed by atoms with Crippen molar-refractivity contribution in [3.8, 4) is 11.5 Å². The molecule has 4 rings (SSSR count). The third-order valence-corrected chi connectivity index (χ3v) is 7.29. The van der Waals surface area contributed by atoms with Gasteiger partial charge in [0, 0.05) is 16.1 Å². The van der Waals surface area contributed by atoms with Gasteiger partial charge in [-0.2, -0.15) is 13.2 Å². The highest BCUT2D eigenvalue weighted by molar-refractivity contribution is 9.10. The molecule has 1 fully saturated rings. The summed E-state index contributed by atoms with van der Waals surface area (Å²) in [6.45, 7) is -0.0413. The lowest BCUT2D eigenvalue weighted by Gasteiger charge is -2.13. The molecule has 2 amide bonds. The molecule has 3 aromatic rings. The summed E-state index contributed by atoms with van der Waals surface area (Å²) in [7, 11) is 0. The van der Waals surface area contributed by atoms with Crippen molar-refractivity contribution in [2.24, 2.45) is 0 Å². The molecule has 0 bridgehead atoms. The highest BCUT2D eigenvalue weighted by Gasteiger charge is 2.36. The number of hydrogen-bond donors (Lipinski definition) is 0. The molecule has 14 heteroatoms. The maximum absolute atomic E-state index is 12.9. The Labute approximate surface area is 235 Å². The van der Waals surface area contributed by atoms with Gasteiger partial charge in [0.2, 0.25) is 5.75 Å². The van der Waals surface area contributed by atoms with Gasteiger partial charge in [0.05, 0.1) is 26.4 Å². The van der Waals surface area contributed by atoms with Crippen molar-refractivity contribution in [1.29, 1.82) is 0 Å². The predicted molar refractivity (Wildman–Crippen MR) is 140 cm³/mol. The van der Waals surface area contributed by atoms with E-state index in [1.165, 1.54) is 30.3 Å². The van der Waals surface area contributed by atoms with Crippen LogP contribution in [0.2, 0.25) is 10.0 Å². The molecule has 3 aromatic carbocycles. The van der Waals surface area contributed by atoms with E-state index in [1.807, 2.05) is 0 Å². The fraction of sp³-hybridized carbons (Fsp3) is 0.0833. The van der Waals surface area contributed by atoms with Crippen LogP contribution in [0.5, 0.6) is 11.5 Å². The minimum atomic E-state index is -4.76. The minimum absolute atomic E-state index is 0.0413. The average molecular weight is 648 g/mol. The second kappa shape index (κ2) is 11.0. The number of imide groups is 1. The van der Waals surface area contributed by atoms with Crippen molar-refractivity contribution in [3.63, 3.8) is 0 Å². The van der Waals surface area contributed by atoms with E-state index in [0.717, 1.165) is 22.7 Å². The van der Waals surface area contributed by atoms with Crippen molar-refractivity contribution < 1.29 is 32.4 Å². The van der Waals surface area contributed by atoms with Crippen molar-refractivity contribution in [2.45, 2.75) is 12.7 Å². The Hall–Kier alpha value is -3.06. The van der Waals surface area contributed by atoms with Crippen molar-refractivity contribution >= 4 is 73.8 Å². The summed E-state index contributed by atoms with van der Waals surface area (Å²) in [6, 6.07) is 11.1. The van der Waals surface area contributed by atoms with Crippen LogP contribution in [0.3, 0.4) is 0 Å². The number of carbonyl (C=O) groups excluding carboxylic acids is 2. The zero-order valence-corrected chi connectivity index (χ0v) is 22.5. The molecule has 7 nitrogen and oxygen atoms in total. The van der Waals surface area contributed by atoms with Crippen molar-refractivity contribution in [1.82, 2.24) is 4.90 Å². The minimum Gasteiger partial charge on any atom is -0.449 e. The van der Waals surface area contributed by atoms with Gasteiger partial charge in [0.15, 0.2) is 0 Å². The Kier molecular flexibility index (Phi) is 8.07. The standard InChI is InChI=1S/C24H12BrCl2F3N2O5S/c25-16-7-12(1-5-19(16)37-20-6-3-14(24(28,29)30)9-18(20)32(35)36)8-21-22(33)31(23(34)38-21)11-13-2-4-15(26)10-17(13)27/h1-10H,11H2/b21-8-. The van der Waals surface area contributed by atoms with E-state index in [4.69, 9.17) is 27.9 Å². The van der Waals surface area contributed by atoms with E-state index in [2.05, 4.69) is 15.9 Å². The summed E-state index contributed by atoms with van der Waals surface area (Å²) in [5, 5.41) is 11.6. The molecule has 1 heterocycles. The summed E-state index contributed by atoms with van der Waals surface area (Å²) >= 11 is 16.0. The van der Waals surface area contributed by atoms with Crippen LogP contribution >= 0.6 is 50.9 Å². The molecule has 0 unspecified atom stereocenters. The van der Waals surface area contributed by atoms with Gasteiger partial charge in [-0.15, -0.1) is 0 Å². The van der Waals surface area contributed by atoms with Crippen molar-refractivity contribution in [3.05, 3.63) is 101 Å². The first-order valence-corrected chi connectivity index (χ1v) is 12.7. The van der Waals surface area contributed by atoms with E-state index in [-0.39, 0.29) is 17.2 Å². The molecule has 196 valence electrons. The monoisotopic (exact) mass is 646 g/mol. The first-order chi connectivity index (χ1) is 17.8. The number of nitro groups is 1. The van der Waals surface area contributed by atoms with E-state index in [9.17, 15) is 32.9 Å². The van der Waals surface area contributed by atoms with Gasteiger partial charge in [0.25, 0.3) is 11.1 Å². The molecule has 0 spiro atoms. The van der Waals surface area contributed by atoms with E-state index in [0.29, 0.717) is 37.8 Å². The second-order valence-electron chi connectivity index (χ2n) is 7.73. The van der Waals surface area contributed by atoms with Crippen LogP contribution in [-0.4, -0.2) is 21.0 Å².